The normalized spacial score (nSPS) is 10.8. The number of aromatic nitrogens is 2. The molecule has 0 aromatic carbocycles. The number of pyridine rings is 2. The first-order valence-corrected chi connectivity index (χ1v) is 9.12. The molecule has 7 nitrogen and oxygen atoms in total. The molecule has 2 aromatic rings. The van der Waals surface area contributed by atoms with Crippen LogP contribution in [0.5, 0.6) is 11.6 Å². The summed E-state index contributed by atoms with van der Waals surface area (Å²) in [6.07, 6.45) is 6.78. The Hall–Kier alpha value is -2.93. The van der Waals surface area contributed by atoms with Gasteiger partial charge in [0.05, 0.1) is 12.8 Å². The van der Waals surface area contributed by atoms with E-state index >= 15 is 0 Å². The Balaban J connectivity index is 2.35. The molecule has 0 unspecified atom stereocenters. The molecule has 2 heterocycles. The number of esters is 1. The predicted molar refractivity (Wildman–Crippen MR) is 107 cm³/mol. The molecule has 0 atom stereocenters. The summed E-state index contributed by atoms with van der Waals surface area (Å²) in [5.74, 6) is 0.000539. The first-order chi connectivity index (χ1) is 13.3. The number of halogens is 1. The molecule has 28 heavy (non-hydrogen) atoms. The van der Waals surface area contributed by atoms with Crippen LogP contribution >= 0.6 is 11.6 Å². The minimum absolute atomic E-state index is 0.145. The highest BCUT2D eigenvalue weighted by Crippen LogP contribution is 2.28. The first-order valence-electron chi connectivity index (χ1n) is 8.74. The van der Waals surface area contributed by atoms with Crippen LogP contribution in [0.1, 0.15) is 35.3 Å². The Morgan fingerprint density at radius 3 is 2.61 bits per heavy atom. The van der Waals surface area contributed by atoms with Crippen LogP contribution in [0.3, 0.4) is 0 Å². The van der Waals surface area contributed by atoms with Gasteiger partial charge >= 0.3 is 5.97 Å². The fraction of sp³-hybridized carbons (Fsp3) is 0.300. The Labute approximate surface area is 169 Å². The van der Waals surface area contributed by atoms with E-state index in [-0.39, 0.29) is 16.9 Å². The first kappa shape index (κ1) is 21.4. The van der Waals surface area contributed by atoms with Crippen molar-refractivity contribution in [3.63, 3.8) is 0 Å². The van der Waals surface area contributed by atoms with Gasteiger partial charge in [0.2, 0.25) is 5.88 Å². The smallest absolute Gasteiger partial charge is 0.330 e. The standard InChI is InChI=1S/C20H22ClN3O4/c1-5-15-13(7-8-19(25)27-6-2)11-22-12-16(15)28-18-10-14(9-17(21)23-18)20(26)24(3)4/h7-12H,5-6H2,1-4H3/b8-7+. The van der Waals surface area contributed by atoms with Crippen LogP contribution < -0.4 is 4.74 Å². The second-order valence-corrected chi connectivity index (χ2v) is 6.35. The van der Waals surface area contributed by atoms with E-state index in [1.807, 2.05) is 6.92 Å². The summed E-state index contributed by atoms with van der Waals surface area (Å²) in [6, 6.07) is 3.00. The van der Waals surface area contributed by atoms with Gasteiger partial charge in [-0.25, -0.2) is 9.78 Å². The van der Waals surface area contributed by atoms with Crippen molar-refractivity contribution < 1.29 is 19.1 Å². The van der Waals surface area contributed by atoms with Crippen molar-refractivity contribution in [2.45, 2.75) is 20.3 Å². The number of nitrogens with zero attached hydrogens (tertiary/aromatic N) is 3. The van der Waals surface area contributed by atoms with Gasteiger partial charge in [-0.15, -0.1) is 0 Å². The maximum atomic E-state index is 12.2. The van der Waals surface area contributed by atoms with E-state index in [0.29, 0.717) is 24.3 Å². The van der Waals surface area contributed by atoms with E-state index in [4.69, 9.17) is 21.1 Å². The molecule has 0 radical (unpaired) electrons. The van der Waals surface area contributed by atoms with Crippen molar-refractivity contribution in [3.8, 4) is 11.6 Å². The summed E-state index contributed by atoms with van der Waals surface area (Å²) >= 11 is 6.04. The van der Waals surface area contributed by atoms with Crippen LogP contribution in [-0.4, -0.2) is 47.4 Å². The van der Waals surface area contributed by atoms with Gasteiger partial charge in [-0.1, -0.05) is 18.5 Å². The van der Waals surface area contributed by atoms with Crippen LogP contribution in [0.25, 0.3) is 6.08 Å². The van der Waals surface area contributed by atoms with Crippen LogP contribution in [-0.2, 0) is 16.0 Å². The number of hydrogen-bond donors (Lipinski definition) is 0. The molecule has 0 bridgehead atoms. The zero-order valence-corrected chi connectivity index (χ0v) is 17.0. The maximum absolute atomic E-state index is 12.2. The van der Waals surface area contributed by atoms with Gasteiger partial charge in [0.1, 0.15) is 5.15 Å². The third-order valence-corrected chi connectivity index (χ3v) is 3.92. The maximum Gasteiger partial charge on any atom is 0.330 e. The molecule has 0 spiro atoms. The quantitative estimate of drug-likeness (QED) is 0.397. The lowest BCUT2D eigenvalue weighted by Crippen LogP contribution is -2.21. The van der Waals surface area contributed by atoms with E-state index < -0.39 is 5.97 Å². The molecule has 0 aliphatic rings. The van der Waals surface area contributed by atoms with Crippen molar-refractivity contribution >= 4 is 29.6 Å². The zero-order chi connectivity index (χ0) is 20.7. The lowest BCUT2D eigenvalue weighted by atomic mass is 10.1. The highest BCUT2D eigenvalue weighted by Gasteiger charge is 2.14. The highest BCUT2D eigenvalue weighted by atomic mass is 35.5. The van der Waals surface area contributed by atoms with Crippen molar-refractivity contribution in [2.24, 2.45) is 0 Å². The highest BCUT2D eigenvalue weighted by molar-refractivity contribution is 6.29. The second-order valence-electron chi connectivity index (χ2n) is 5.96. The molecule has 2 aromatic heterocycles. The van der Waals surface area contributed by atoms with Crippen LogP contribution in [0, 0.1) is 0 Å². The van der Waals surface area contributed by atoms with Gasteiger partial charge in [-0.05, 0) is 31.1 Å². The lowest BCUT2D eigenvalue weighted by Gasteiger charge is -2.14. The molecule has 0 saturated heterocycles. The van der Waals surface area contributed by atoms with Gasteiger partial charge in [-0.2, -0.15) is 0 Å². The molecular weight excluding hydrogens is 382 g/mol. The summed E-state index contributed by atoms with van der Waals surface area (Å²) in [5.41, 5.74) is 1.92. The van der Waals surface area contributed by atoms with Gasteiger partial charge in [0.15, 0.2) is 5.75 Å². The molecule has 0 aliphatic carbocycles. The summed E-state index contributed by atoms with van der Waals surface area (Å²) in [4.78, 5) is 33.5. The fourth-order valence-corrected chi connectivity index (χ4v) is 2.66. The van der Waals surface area contributed by atoms with E-state index in [9.17, 15) is 9.59 Å². The van der Waals surface area contributed by atoms with Crippen molar-refractivity contribution in [1.29, 1.82) is 0 Å². The average Bonchev–Trinajstić information content (AvgIpc) is 2.65. The Morgan fingerprint density at radius 1 is 1.21 bits per heavy atom. The molecule has 0 saturated carbocycles. The molecule has 2 rings (SSSR count). The predicted octanol–water partition coefficient (Wildman–Crippen LogP) is 3.76. The third-order valence-electron chi connectivity index (χ3n) is 3.73. The summed E-state index contributed by atoms with van der Waals surface area (Å²) < 4.78 is 10.8. The Morgan fingerprint density at radius 2 is 1.96 bits per heavy atom. The molecule has 0 N–H and O–H groups in total. The number of hydrogen-bond acceptors (Lipinski definition) is 6. The zero-order valence-electron chi connectivity index (χ0n) is 16.2. The van der Waals surface area contributed by atoms with Gasteiger partial charge in [0, 0.05) is 43.6 Å². The summed E-state index contributed by atoms with van der Waals surface area (Å²) in [6.45, 7) is 4.00. The van der Waals surface area contributed by atoms with Crippen molar-refractivity contribution in [2.75, 3.05) is 20.7 Å². The number of rotatable bonds is 7. The Bertz CT molecular complexity index is 897. The second kappa shape index (κ2) is 9.85. The molecule has 0 aliphatic heterocycles. The summed E-state index contributed by atoms with van der Waals surface area (Å²) in [5, 5.41) is 0.145. The van der Waals surface area contributed by atoms with E-state index in [1.54, 1.807) is 39.5 Å². The number of carbonyl (C=O) groups is 2. The monoisotopic (exact) mass is 403 g/mol. The molecule has 148 valence electrons. The number of ether oxygens (including phenoxy) is 2. The molecule has 0 fully saturated rings. The largest absolute Gasteiger partial charge is 0.463 e. The topological polar surface area (TPSA) is 81.6 Å². The molecule has 1 amide bonds. The lowest BCUT2D eigenvalue weighted by molar-refractivity contribution is -0.137. The summed E-state index contributed by atoms with van der Waals surface area (Å²) in [7, 11) is 3.30. The van der Waals surface area contributed by atoms with Crippen LogP contribution in [0.2, 0.25) is 5.15 Å². The minimum Gasteiger partial charge on any atom is -0.463 e. The van der Waals surface area contributed by atoms with E-state index in [2.05, 4.69) is 9.97 Å². The SMILES string of the molecule is CCOC(=O)/C=C/c1cncc(Oc2cc(C(=O)N(C)C)cc(Cl)n2)c1CC. The van der Waals surface area contributed by atoms with E-state index in [1.165, 1.54) is 23.1 Å². The number of carbonyl (C=O) groups excluding carboxylic acids is 2. The Kier molecular flexibility index (Phi) is 7.52. The molecule has 8 heteroatoms. The fourth-order valence-electron chi connectivity index (χ4n) is 2.46. The van der Waals surface area contributed by atoms with Crippen molar-refractivity contribution in [1.82, 2.24) is 14.9 Å². The van der Waals surface area contributed by atoms with Gasteiger partial charge < -0.3 is 14.4 Å². The van der Waals surface area contributed by atoms with Crippen LogP contribution in [0.4, 0.5) is 0 Å². The van der Waals surface area contributed by atoms with Crippen LogP contribution in [0.15, 0.2) is 30.6 Å². The molecular formula is C20H22ClN3O4. The number of amides is 1. The van der Waals surface area contributed by atoms with E-state index in [0.717, 1.165) is 11.1 Å². The third kappa shape index (κ3) is 5.53. The van der Waals surface area contributed by atoms with Gasteiger partial charge in [0.25, 0.3) is 5.91 Å². The average molecular weight is 404 g/mol. The van der Waals surface area contributed by atoms with Gasteiger partial charge in [-0.3, -0.25) is 9.78 Å². The van der Waals surface area contributed by atoms with Crippen molar-refractivity contribution in [3.05, 3.63) is 52.4 Å². The minimum atomic E-state index is -0.431.